The van der Waals surface area contributed by atoms with Crippen molar-refractivity contribution in [2.24, 2.45) is 0 Å². The fourth-order valence-electron chi connectivity index (χ4n) is 2.45. The zero-order chi connectivity index (χ0) is 21.8. The minimum absolute atomic E-state index is 0.167. The van der Waals surface area contributed by atoms with Gasteiger partial charge in [-0.25, -0.2) is 17.3 Å². The predicted molar refractivity (Wildman–Crippen MR) is 107 cm³/mol. The lowest BCUT2D eigenvalue weighted by molar-refractivity contribution is 0.372. The van der Waals surface area contributed by atoms with Gasteiger partial charge in [0.1, 0.15) is 22.5 Å². The molecule has 0 saturated heterocycles. The molecule has 1 unspecified atom stereocenters. The van der Waals surface area contributed by atoms with Crippen LogP contribution < -0.4 is 9.47 Å². The number of halogens is 2. The van der Waals surface area contributed by atoms with Crippen molar-refractivity contribution in [1.29, 1.82) is 5.26 Å². The number of rotatable bonds is 6. The minimum Gasteiger partial charge on any atom is -0.436 e. The molecule has 0 radical (unpaired) electrons. The van der Waals surface area contributed by atoms with E-state index in [1.54, 1.807) is 38.4 Å². The van der Waals surface area contributed by atoms with E-state index < -0.39 is 34.4 Å². The van der Waals surface area contributed by atoms with Crippen LogP contribution in [0.5, 0.6) is 23.3 Å². The van der Waals surface area contributed by atoms with Crippen molar-refractivity contribution in [3.05, 3.63) is 71.3 Å². The van der Waals surface area contributed by atoms with Gasteiger partial charge in [-0.1, -0.05) is 12.1 Å². The number of ether oxygens (including phenoxy) is 2. The lowest BCUT2D eigenvalue weighted by atomic mass is 10.2. The molecule has 0 N–H and O–H groups in total. The second-order valence-electron chi connectivity index (χ2n) is 6.36. The predicted octanol–water partition coefficient (Wildman–Crippen LogP) is 4.71. The second kappa shape index (κ2) is 8.98. The topological polar surface area (TPSA) is 75.5 Å². The molecule has 0 aliphatic carbocycles. The highest BCUT2D eigenvalue weighted by molar-refractivity contribution is 7.82. The number of pyridine rings is 1. The average Bonchev–Trinajstić information content (AvgIpc) is 2.75. The van der Waals surface area contributed by atoms with E-state index in [0.717, 1.165) is 0 Å². The molecule has 3 rings (SSSR count). The Bertz CT molecular complexity index is 1160. The molecule has 3 aromatic rings. The first-order valence-corrected chi connectivity index (χ1v) is 9.81. The summed E-state index contributed by atoms with van der Waals surface area (Å²) in [4.78, 5) is 4.27. The van der Waals surface area contributed by atoms with Crippen molar-refractivity contribution in [2.75, 3.05) is 14.1 Å². The van der Waals surface area contributed by atoms with Gasteiger partial charge in [-0.15, -0.1) is 0 Å². The molecule has 0 amide bonds. The largest absolute Gasteiger partial charge is 0.436 e. The lowest BCUT2D eigenvalue weighted by Crippen LogP contribution is -2.15. The van der Waals surface area contributed by atoms with Crippen molar-refractivity contribution in [1.82, 2.24) is 9.29 Å². The van der Waals surface area contributed by atoms with E-state index in [1.807, 2.05) is 6.07 Å². The Balaban J connectivity index is 1.95. The van der Waals surface area contributed by atoms with E-state index in [9.17, 15) is 13.0 Å². The summed E-state index contributed by atoms with van der Waals surface area (Å²) in [7, 11) is 1.88. The standard InChI is InChI=1S/C21H17F2N3O3S/c1-13-18(22)20(28-15-7-4-6-14(10-15)12-24)25-21(19(13)23)29-16-8-5-9-17(11-16)30(27)26(2)3/h4-11H,1-3H3. The molecule has 30 heavy (non-hydrogen) atoms. The van der Waals surface area contributed by atoms with Crippen LogP contribution in [0, 0.1) is 29.9 Å². The third kappa shape index (κ3) is 4.62. The van der Waals surface area contributed by atoms with Gasteiger partial charge in [0.25, 0.3) is 11.8 Å². The van der Waals surface area contributed by atoms with Gasteiger partial charge in [0.2, 0.25) is 0 Å². The number of benzene rings is 2. The number of nitrogens with zero attached hydrogens (tertiary/aromatic N) is 3. The summed E-state index contributed by atoms with van der Waals surface area (Å²) in [6.45, 7) is 1.23. The van der Waals surface area contributed by atoms with Crippen LogP contribution in [0.25, 0.3) is 0 Å². The summed E-state index contributed by atoms with van der Waals surface area (Å²) < 4.78 is 53.7. The molecule has 0 bridgehead atoms. The van der Waals surface area contributed by atoms with Crippen LogP contribution >= 0.6 is 0 Å². The summed E-state index contributed by atoms with van der Waals surface area (Å²) in [6.07, 6.45) is 0. The zero-order valence-electron chi connectivity index (χ0n) is 16.3. The lowest BCUT2D eigenvalue weighted by Gasteiger charge is -2.13. The fraction of sp³-hybridized carbons (Fsp3) is 0.143. The van der Waals surface area contributed by atoms with Crippen molar-refractivity contribution in [2.45, 2.75) is 11.8 Å². The van der Waals surface area contributed by atoms with E-state index >= 15 is 0 Å². The van der Waals surface area contributed by atoms with E-state index in [2.05, 4.69) is 4.98 Å². The Labute approximate surface area is 174 Å². The molecular formula is C21H17F2N3O3S. The number of hydrogen-bond acceptors (Lipinski definition) is 5. The molecule has 154 valence electrons. The Hall–Kier alpha value is -3.35. The number of hydrogen-bond donors (Lipinski definition) is 0. The Morgan fingerprint density at radius 3 is 2.13 bits per heavy atom. The molecular weight excluding hydrogens is 412 g/mol. The maximum absolute atomic E-state index is 14.6. The van der Waals surface area contributed by atoms with E-state index in [1.165, 1.54) is 35.5 Å². The van der Waals surface area contributed by atoms with Gasteiger partial charge < -0.3 is 9.47 Å². The molecule has 0 fully saturated rings. The monoisotopic (exact) mass is 429 g/mol. The summed E-state index contributed by atoms with van der Waals surface area (Å²) in [6, 6.07) is 14.2. The smallest absolute Gasteiger partial charge is 0.259 e. The highest BCUT2D eigenvalue weighted by atomic mass is 32.2. The van der Waals surface area contributed by atoms with Gasteiger partial charge in [0, 0.05) is 5.56 Å². The van der Waals surface area contributed by atoms with Crippen molar-refractivity contribution >= 4 is 11.0 Å². The normalized spacial score (nSPS) is 11.8. The molecule has 0 saturated carbocycles. The molecule has 0 aliphatic heterocycles. The van der Waals surface area contributed by atoms with Crippen LogP contribution in [0.2, 0.25) is 0 Å². The SMILES string of the molecule is Cc1c(F)c(Oc2cccc(C#N)c2)nc(Oc2cccc(S(=O)N(C)C)c2)c1F. The number of aromatic nitrogens is 1. The maximum atomic E-state index is 14.6. The zero-order valence-corrected chi connectivity index (χ0v) is 17.2. The Kier molecular flexibility index (Phi) is 6.40. The molecule has 2 aromatic carbocycles. The van der Waals surface area contributed by atoms with Crippen LogP contribution in [-0.4, -0.2) is 27.6 Å². The third-order valence-corrected chi connectivity index (χ3v) is 5.29. The fourth-order valence-corrected chi connectivity index (χ4v) is 3.29. The first-order chi connectivity index (χ1) is 14.3. The Morgan fingerprint density at radius 2 is 1.57 bits per heavy atom. The van der Waals surface area contributed by atoms with Gasteiger partial charge in [0.15, 0.2) is 11.6 Å². The van der Waals surface area contributed by atoms with Gasteiger partial charge in [-0.05, 0) is 57.4 Å². The van der Waals surface area contributed by atoms with E-state index in [-0.39, 0.29) is 17.1 Å². The second-order valence-corrected chi connectivity index (χ2v) is 8.06. The molecule has 1 atom stereocenters. The van der Waals surface area contributed by atoms with Crippen molar-refractivity contribution in [3.63, 3.8) is 0 Å². The van der Waals surface area contributed by atoms with Crippen LogP contribution in [0.1, 0.15) is 11.1 Å². The van der Waals surface area contributed by atoms with Gasteiger partial charge in [-0.2, -0.15) is 10.2 Å². The first-order valence-electron chi connectivity index (χ1n) is 8.71. The highest BCUT2D eigenvalue weighted by Gasteiger charge is 2.21. The molecule has 1 aromatic heterocycles. The molecule has 6 nitrogen and oxygen atoms in total. The number of nitriles is 1. The van der Waals surface area contributed by atoms with Crippen LogP contribution in [0.3, 0.4) is 0 Å². The first kappa shape index (κ1) is 21.4. The van der Waals surface area contributed by atoms with Gasteiger partial charge in [0.05, 0.1) is 16.5 Å². The summed E-state index contributed by atoms with van der Waals surface area (Å²) in [5, 5.41) is 8.98. The van der Waals surface area contributed by atoms with Gasteiger partial charge in [-0.3, -0.25) is 0 Å². The summed E-state index contributed by atoms with van der Waals surface area (Å²) in [5.74, 6) is -2.60. The average molecular weight is 429 g/mol. The summed E-state index contributed by atoms with van der Waals surface area (Å²) in [5.41, 5.74) is -0.0200. The third-order valence-electron chi connectivity index (χ3n) is 3.97. The maximum Gasteiger partial charge on any atom is 0.259 e. The molecule has 1 heterocycles. The minimum atomic E-state index is -1.42. The van der Waals surface area contributed by atoms with E-state index in [0.29, 0.717) is 10.5 Å². The molecule has 0 aliphatic rings. The van der Waals surface area contributed by atoms with Crippen molar-refractivity contribution < 1.29 is 22.5 Å². The summed E-state index contributed by atoms with van der Waals surface area (Å²) >= 11 is 0. The van der Waals surface area contributed by atoms with Crippen LogP contribution in [0.4, 0.5) is 8.78 Å². The molecule has 9 heteroatoms. The molecule has 0 spiro atoms. The quantitative estimate of drug-likeness (QED) is 0.567. The van der Waals surface area contributed by atoms with Crippen LogP contribution in [0.15, 0.2) is 53.4 Å². The van der Waals surface area contributed by atoms with E-state index in [4.69, 9.17) is 14.7 Å². The highest BCUT2D eigenvalue weighted by Crippen LogP contribution is 2.33. The Morgan fingerprint density at radius 1 is 1.00 bits per heavy atom. The van der Waals surface area contributed by atoms with Crippen LogP contribution in [-0.2, 0) is 11.0 Å². The van der Waals surface area contributed by atoms with Crippen molar-refractivity contribution in [3.8, 4) is 29.3 Å². The van der Waals surface area contributed by atoms with Gasteiger partial charge >= 0.3 is 0 Å².